The van der Waals surface area contributed by atoms with Crippen molar-refractivity contribution in [1.29, 1.82) is 0 Å². The quantitative estimate of drug-likeness (QED) is 0.888. The summed E-state index contributed by atoms with van der Waals surface area (Å²) in [7, 11) is 3.86. The summed E-state index contributed by atoms with van der Waals surface area (Å²) in [5, 5.41) is 3.54. The lowest BCUT2D eigenvalue weighted by Gasteiger charge is -2.34. The lowest BCUT2D eigenvalue weighted by atomic mass is 9.92. The number of nitrogens with zero attached hydrogens (tertiary/aromatic N) is 2. The molecule has 4 heteroatoms. The first-order valence-electron chi connectivity index (χ1n) is 6.65. The second-order valence-corrected chi connectivity index (χ2v) is 5.16. The molecule has 1 aromatic heterocycles. The normalized spacial score (nSPS) is 22.5. The van der Waals surface area contributed by atoms with Gasteiger partial charge in [-0.25, -0.2) is 4.98 Å². The molecule has 0 bridgehead atoms. The zero-order valence-corrected chi connectivity index (χ0v) is 11.5. The highest BCUT2D eigenvalue weighted by Crippen LogP contribution is 2.25. The molecule has 0 aliphatic carbocycles. The zero-order chi connectivity index (χ0) is 13.0. The van der Waals surface area contributed by atoms with Crippen LogP contribution >= 0.6 is 0 Å². The Balaban J connectivity index is 1.99. The Labute approximate surface area is 109 Å². The molecule has 4 nitrogen and oxygen atoms in total. The second kappa shape index (κ2) is 6.05. The molecule has 1 aromatic rings. The van der Waals surface area contributed by atoms with E-state index in [4.69, 9.17) is 4.74 Å². The van der Waals surface area contributed by atoms with Crippen LogP contribution in [0.25, 0.3) is 0 Å². The van der Waals surface area contributed by atoms with Crippen molar-refractivity contribution in [2.24, 2.45) is 5.92 Å². The molecular weight excluding hydrogens is 226 g/mol. The summed E-state index contributed by atoms with van der Waals surface area (Å²) >= 11 is 0. The third-order valence-electron chi connectivity index (χ3n) is 3.72. The van der Waals surface area contributed by atoms with Gasteiger partial charge in [-0.2, -0.15) is 0 Å². The largest absolute Gasteiger partial charge is 0.480 e. The van der Waals surface area contributed by atoms with E-state index in [1.54, 1.807) is 13.3 Å². The summed E-state index contributed by atoms with van der Waals surface area (Å²) in [6, 6.07) is 4.39. The summed E-state index contributed by atoms with van der Waals surface area (Å²) in [6.07, 6.45) is 4.33. The number of hydrogen-bond donors (Lipinski definition) is 1. The van der Waals surface area contributed by atoms with Crippen molar-refractivity contribution < 1.29 is 4.74 Å². The van der Waals surface area contributed by atoms with Crippen LogP contribution < -0.4 is 10.1 Å². The van der Waals surface area contributed by atoms with Crippen LogP contribution in [0.4, 0.5) is 5.69 Å². The van der Waals surface area contributed by atoms with Gasteiger partial charge in [0, 0.05) is 18.8 Å². The minimum Gasteiger partial charge on any atom is -0.480 e. The van der Waals surface area contributed by atoms with E-state index >= 15 is 0 Å². The standard InChI is InChI=1S/C14H23N3O/c1-11(12-6-5-9-17(2)10-12)16-13-7-4-8-15-14(13)18-3/h4,7-8,11-12,16H,5-6,9-10H2,1-3H3. The summed E-state index contributed by atoms with van der Waals surface area (Å²) < 4.78 is 5.27. The van der Waals surface area contributed by atoms with Crippen LogP contribution in [-0.4, -0.2) is 43.2 Å². The predicted molar refractivity (Wildman–Crippen MR) is 74.1 cm³/mol. The smallest absolute Gasteiger partial charge is 0.237 e. The number of likely N-dealkylation sites (tertiary alicyclic amines) is 1. The third kappa shape index (κ3) is 3.13. The molecular formula is C14H23N3O. The third-order valence-corrected chi connectivity index (χ3v) is 3.72. The molecule has 1 fully saturated rings. The Morgan fingerprint density at radius 1 is 1.56 bits per heavy atom. The van der Waals surface area contributed by atoms with Gasteiger partial charge < -0.3 is 15.0 Å². The molecule has 1 aliphatic rings. The summed E-state index contributed by atoms with van der Waals surface area (Å²) in [5.41, 5.74) is 0.987. The monoisotopic (exact) mass is 249 g/mol. The van der Waals surface area contributed by atoms with E-state index < -0.39 is 0 Å². The van der Waals surface area contributed by atoms with E-state index in [2.05, 4.69) is 29.2 Å². The molecule has 1 N–H and O–H groups in total. The number of piperidine rings is 1. The first kappa shape index (κ1) is 13.1. The molecule has 2 unspecified atom stereocenters. The second-order valence-electron chi connectivity index (χ2n) is 5.16. The Morgan fingerprint density at radius 2 is 2.39 bits per heavy atom. The molecule has 2 heterocycles. The fraction of sp³-hybridized carbons (Fsp3) is 0.643. The average Bonchev–Trinajstić information content (AvgIpc) is 2.39. The van der Waals surface area contributed by atoms with Crippen LogP contribution in [0, 0.1) is 5.92 Å². The molecule has 1 aliphatic heterocycles. The molecule has 0 radical (unpaired) electrons. The molecule has 18 heavy (non-hydrogen) atoms. The maximum absolute atomic E-state index is 5.27. The Bertz CT molecular complexity index is 383. The van der Waals surface area contributed by atoms with Gasteiger partial charge in [0.05, 0.1) is 12.8 Å². The van der Waals surface area contributed by atoms with Gasteiger partial charge in [0.1, 0.15) is 0 Å². The van der Waals surface area contributed by atoms with Gasteiger partial charge in [-0.15, -0.1) is 0 Å². The SMILES string of the molecule is COc1ncccc1NC(C)C1CCCN(C)C1. The Morgan fingerprint density at radius 3 is 3.11 bits per heavy atom. The van der Waals surface area contributed by atoms with Crippen molar-refractivity contribution in [2.75, 3.05) is 32.6 Å². The highest BCUT2D eigenvalue weighted by Gasteiger charge is 2.23. The van der Waals surface area contributed by atoms with Crippen LogP contribution in [0.1, 0.15) is 19.8 Å². The van der Waals surface area contributed by atoms with Gasteiger partial charge in [0.25, 0.3) is 0 Å². The van der Waals surface area contributed by atoms with Gasteiger partial charge in [-0.3, -0.25) is 0 Å². The lowest BCUT2D eigenvalue weighted by molar-refractivity contribution is 0.197. The number of aromatic nitrogens is 1. The summed E-state index contributed by atoms with van der Waals surface area (Å²) in [4.78, 5) is 6.62. The van der Waals surface area contributed by atoms with Gasteiger partial charge in [-0.05, 0) is 51.4 Å². The van der Waals surface area contributed by atoms with Gasteiger partial charge in [-0.1, -0.05) is 0 Å². The fourth-order valence-corrected chi connectivity index (χ4v) is 2.64. The van der Waals surface area contributed by atoms with Gasteiger partial charge >= 0.3 is 0 Å². The number of ether oxygens (including phenoxy) is 1. The van der Waals surface area contributed by atoms with Gasteiger partial charge in [0.15, 0.2) is 0 Å². The molecule has 2 rings (SSSR count). The Kier molecular flexibility index (Phi) is 4.42. The number of pyridine rings is 1. The van der Waals surface area contributed by atoms with Crippen molar-refractivity contribution in [2.45, 2.75) is 25.8 Å². The van der Waals surface area contributed by atoms with Crippen molar-refractivity contribution >= 4 is 5.69 Å². The highest BCUT2D eigenvalue weighted by atomic mass is 16.5. The molecule has 0 spiro atoms. The van der Waals surface area contributed by atoms with Crippen LogP contribution in [0.3, 0.4) is 0 Å². The number of rotatable bonds is 4. The molecule has 1 saturated heterocycles. The highest BCUT2D eigenvalue weighted by molar-refractivity contribution is 5.52. The number of methoxy groups -OCH3 is 1. The van der Waals surface area contributed by atoms with Crippen LogP contribution in [0.15, 0.2) is 18.3 Å². The van der Waals surface area contributed by atoms with Crippen molar-refractivity contribution in [3.63, 3.8) is 0 Å². The van der Waals surface area contributed by atoms with E-state index in [1.165, 1.54) is 19.4 Å². The van der Waals surface area contributed by atoms with Gasteiger partial charge in [0.2, 0.25) is 5.88 Å². The van der Waals surface area contributed by atoms with Crippen LogP contribution in [0.2, 0.25) is 0 Å². The van der Waals surface area contributed by atoms with E-state index in [-0.39, 0.29) is 0 Å². The topological polar surface area (TPSA) is 37.4 Å². The average molecular weight is 249 g/mol. The van der Waals surface area contributed by atoms with Crippen molar-refractivity contribution in [3.05, 3.63) is 18.3 Å². The predicted octanol–water partition coefficient (Wildman–Crippen LogP) is 2.23. The van der Waals surface area contributed by atoms with E-state index in [1.807, 2.05) is 12.1 Å². The Hall–Kier alpha value is -1.29. The van der Waals surface area contributed by atoms with E-state index in [0.29, 0.717) is 17.8 Å². The molecule has 0 aromatic carbocycles. The first-order valence-corrected chi connectivity index (χ1v) is 6.65. The fourth-order valence-electron chi connectivity index (χ4n) is 2.64. The van der Waals surface area contributed by atoms with Crippen molar-refractivity contribution in [1.82, 2.24) is 9.88 Å². The van der Waals surface area contributed by atoms with Crippen LogP contribution in [0.5, 0.6) is 5.88 Å². The molecule has 0 amide bonds. The maximum atomic E-state index is 5.27. The lowest BCUT2D eigenvalue weighted by Crippen LogP contribution is -2.39. The first-order chi connectivity index (χ1) is 8.70. The van der Waals surface area contributed by atoms with Crippen LogP contribution in [-0.2, 0) is 0 Å². The molecule has 100 valence electrons. The summed E-state index contributed by atoms with van der Waals surface area (Å²) in [6.45, 7) is 4.63. The molecule has 2 atom stereocenters. The van der Waals surface area contributed by atoms with E-state index in [9.17, 15) is 0 Å². The molecule has 0 saturated carbocycles. The summed E-state index contributed by atoms with van der Waals surface area (Å²) in [5.74, 6) is 1.36. The number of anilines is 1. The minimum absolute atomic E-state index is 0.436. The number of hydrogen-bond acceptors (Lipinski definition) is 4. The minimum atomic E-state index is 0.436. The number of nitrogens with one attached hydrogen (secondary N) is 1. The van der Waals surface area contributed by atoms with E-state index in [0.717, 1.165) is 12.2 Å². The maximum Gasteiger partial charge on any atom is 0.237 e. The van der Waals surface area contributed by atoms with Crippen molar-refractivity contribution in [3.8, 4) is 5.88 Å². The zero-order valence-electron chi connectivity index (χ0n) is 11.5.